The van der Waals surface area contributed by atoms with Crippen LogP contribution in [0.25, 0.3) is 0 Å². The van der Waals surface area contributed by atoms with Gasteiger partial charge in [0.25, 0.3) is 5.91 Å². The highest BCUT2D eigenvalue weighted by Gasteiger charge is 2.24. The summed E-state index contributed by atoms with van der Waals surface area (Å²) in [6.45, 7) is 5.25. The molecule has 0 spiro atoms. The number of aryl methyl sites for hydroxylation is 1. The molecule has 0 aliphatic heterocycles. The van der Waals surface area contributed by atoms with E-state index in [0.717, 1.165) is 5.56 Å². The Balaban J connectivity index is 2.94. The molecule has 0 fully saturated rings. The number of hydrogen-bond acceptors (Lipinski definition) is 2. The van der Waals surface area contributed by atoms with Crippen molar-refractivity contribution in [3.05, 3.63) is 34.3 Å². The summed E-state index contributed by atoms with van der Waals surface area (Å²) in [4.78, 5) is 23.0. The number of aliphatic carboxylic acids is 1. The van der Waals surface area contributed by atoms with E-state index in [1.165, 1.54) is 6.07 Å². The number of benzene rings is 1. The Hall–Kier alpha value is -1.55. The molecule has 1 aromatic carbocycles. The van der Waals surface area contributed by atoms with Crippen molar-refractivity contribution in [3.63, 3.8) is 0 Å². The Morgan fingerprint density at radius 1 is 1.33 bits per heavy atom. The van der Waals surface area contributed by atoms with Crippen LogP contribution in [0, 0.1) is 12.8 Å². The number of carboxylic acids is 1. The molecule has 1 atom stereocenters. The zero-order valence-corrected chi connectivity index (χ0v) is 11.3. The van der Waals surface area contributed by atoms with Crippen molar-refractivity contribution in [3.8, 4) is 0 Å². The lowest BCUT2D eigenvalue weighted by Crippen LogP contribution is -2.44. The molecule has 0 saturated heterocycles. The minimum absolute atomic E-state index is 0.189. The largest absolute Gasteiger partial charge is 0.480 e. The summed E-state index contributed by atoms with van der Waals surface area (Å²) < 4.78 is 0. The summed E-state index contributed by atoms with van der Waals surface area (Å²) in [6, 6.07) is 4.04. The number of rotatable bonds is 4. The van der Waals surface area contributed by atoms with Crippen LogP contribution in [0.15, 0.2) is 18.2 Å². The van der Waals surface area contributed by atoms with E-state index in [0.29, 0.717) is 10.6 Å². The molecular weight excluding hydrogens is 254 g/mol. The second kappa shape index (κ2) is 5.87. The lowest BCUT2D eigenvalue weighted by Gasteiger charge is -2.18. The number of carbonyl (C=O) groups excluding carboxylic acids is 1. The zero-order valence-electron chi connectivity index (χ0n) is 10.5. The minimum Gasteiger partial charge on any atom is -0.480 e. The third-order valence-electron chi connectivity index (χ3n) is 2.66. The van der Waals surface area contributed by atoms with Crippen LogP contribution < -0.4 is 5.32 Å². The zero-order chi connectivity index (χ0) is 13.9. The van der Waals surface area contributed by atoms with Crippen LogP contribution in [0.4, 0.5) is 0 Å². The molecule has 0 bridgehead atoms. The number of halogens is 1. The maximum Gasteiger partial charge on any atom is 0.326 e. The Morgan fingerprint density at radius 2 is 1.94 bits per heavy atom. The second-order valence-corrected chi connectivity index (χ2v) is 4.93. The number of amides is 1. The normalized spacial score (nSPS) is 12.3. The Labute approximate surface area is 111 Å². The predicted octanol–water partition coefficient (Wildman–Crippen LogP) is 2.49. The number of carboxylic acid groups (broad SMARTS) is 1. The number of hydrogen-bond donors (Lipinski definition) is 2. The highest BCUT2D eigenvalue weighted by atomic mass is 35.5. The predicted molar refractivity (Wildman–Crippen MR) is 69.9 cm³/mol. The van der Waals surface area contributed by atoms with Crippen LogP contribution in [0.3, 0.4) is 0 Å². The molecule has 2 N–H and O–H groups in total. The lowest BCUT2D eigenvalue weighted by atomic mass is 10.0. The lowest BCUT2D eigenvalue weighted by molar-refractivity contribution is -0.140. The van der Waals surface area contributed by atoms with Crippen LogP contribution in [-0.4, -0.2) is 23.0 Å². The van der Waals surface area contributed by atoms with Crippen LogP contribution in [0.1, 0.15) is 29.8 Å². The topological polar surface area (TPSA) is 66.4 Å². The van der Waals surface area contributed by atoms with Crippen molar-refractivity contribution in [1.29, 1.82) is 0 Å². The van der Waals surface area contributed by atoms with Gasteiger partial charge in [0.1, 0.15) is 6.04 Å². The molecule has 0 radical (unpaired) electrons. The molecule has 1 rings (SSSR count). The van der Waals surface area contributed by atoms with Crippen LogP contribution in [0.5, 0.6) is 0 Å². The average Bonchev–Trinajstić information content (AvgIpc) is 2.28. The Bertz CT molecular complexity index is 471. The van der Waals surface area contributed by atoms with Gasteiger partial charge >= 0.3 is 5.97 Å². The fourth-order valence-electron chi connectivity index (χ4n) is 1.57. The van der Waals surface area contributed by atoms with Gasteiger partial charge in [0.15, 0.2) is 0 Å². The molecule has 1 aromatic rings. The van der Waals surface area contributed by atoms with Crippen molar-refractivity contribution in [2.45, 2.75) is 26.8 Å². The highest BCUT2D eigenvalue weighted by Crippen LogP contribution is 2.16. The number of nitrogens with one attached hydrogen (secondary N) is 1. The minimum atomic E-state index is -1.04. The van der Waals surface area contributed by atoms with Crippen molar-refractivity contribution < 1.29 is 14.7 Å². The van der Waals surface area contributed by atoms with E-state index < -0.39 is 17.9 Å². The molecule has 0 aliphatic rings. The van der Waals surface area contributed by atoms with Gasteiger partial charge in [0, 0.05) is 10.6 Å². The fraction of sp³-hybridized carbons (Fsp3) is 0.385. The number of carbonyl (C=O) groups is 2. The molecule has 0 aromatic heterocycles. The summed E-state index contributed by atoms with van der Waals surface area (Å²) >= 11 is 5.83. The molecule has 18 heavy (non-hydrogen) atoms. The summed E-state index contributed by atoms with van der Waals surface area (Å²) in [6.07, 6.45) is 0. The summed E-state index contributed by atoms with van der Waals surface area (Å²) in [5, 5.41) is 12.0. The fourth-order valence-corrected chi connectivity index (χ4v) is 1.74. The average molecular weight is 270 g/mol. The van der Waals surface area contributed by atoms with Gasteiger partial charge in [-0.25, -0.2) is 4.79 Å². The van der Waals surface area contributed by atoms with Crippen LogP contribution in [-0.2, 0) is 4.79 Å². The van der Waals surface area contributed by atoms with E-state index in [1.54, 1.807) is 32.9 Å². The molecular formula is C13H16ClNO3. The van der Waals surface area contributed by atoms with E-state index in [9.17, 15) is 9.59 Å². The summed E-state index contributed by atoms with van der Waals surface area (Å²) in [7, 11) is 0. The van der Waals surface area contributed by atoms with Crippen molar-refractivity contribution in [2.24, 2.45) is 5.92 Å². The maximum absolute atomic E-state index is 12.0. The van der Waals surface area contributed by atoms with Gasteiger partial charge in [-0.3, -0.25) is 4.79 Å². The third-order valence-corrected chi connectivity index (χ3v) is 2.90. The van der Waals surface area contributed by atoms with Gasteiger partial charge in [-0.15, -0.1) is 0 Å². The highest BCUT2D eigenvalue weighted by molar-refractivity contribution is 6.31. The van der Waals surface area contributed by atoms with Gasteiger partial charge in [0.05, 0.1) is 0 Å². The monoisotopic (exact) mass is 269 g/mol. The smallest absolute Gasteiger partial charge is 0.326 e. The Morgan fingerprint density at radius 3 is 2.44 bits per heavy atom. The molecule has 5 heteroatoms. The molecule has 0 aliphatic carbocycles. The van der Waals surface area contributed by atoms with Crippen LogP contribution >= 0.6 is 11.6 Å². The first-order valence-corrected chi connectivity index (χ1v) is 6.00. The maximum atomic E-state index is 12.0. The van der Waals surface area contributed by atoms with E-state index in [1.807, 2.05) is 0 Å². The van der Waals surface area contributed by atoms with Crippen LogP contribution in [0.2, 0.25) is 5.02 Å². The first kappa shape index (κ1) is 14.5. The van der Waals surface area contributed by atoms with E-state index >= 15 is 0 Å². The standard InChI is InChI=1S/C13H16ClNO3/c1-7(2)11(13(17)18)15-12(16)10-6-9(14)5-4-8(10)3/h4-7,11H,1-3H3,(H,15,16)(H,17,18). The van der Waals surface area contributed by atoms with Crippen molar-refractivity contribution in [2.75, 3.05) is 0 Å². The summed E-state index contributed by atoms with van der Waals surface area (Å²) in [5.74, 6) is -1.65. The molecule has 0 heterocycles. The van der Waals surface area contributed by atoms with Gasteiger partial charge in [-0.1, -0.05) is 31.5 Å². The van der Waals surface area contributed by atoms with E-state index in [-0.39, 0.29) is 5.92 Å². The molecule has 1 unspecified atom stereocenters. The van der Waals surface area contributed by atoms with Gasteiger partial charge in [-0.2, -0.15) is 0 Å². The van der Waals surface area contributed by atoms with Crippen molar-refractivity contribution in [1.82, 2.24) is 5.32 Å². The van der Waals surface area contributed by atoms with E-state index in [4.69, 9.17) is 16.7 Å². The first-order chi connectivity index (χ1) is 8.32. The molecule has 1 amide bonds. The Kier molecular flexibility index (Phi) is 4.73. The quantitative estimate of drug-likeness (QED) is 0.882. The molecule has 98 valence electrons. The van der Waals surface area contributed by atoms with Crippen molar-refractivity contribution >= 4 is 23.5 Å². The SMILES string of the molecule is Cc1ccc(Cl)cc1C(=O)NC(C(=O)O)C(C)C. The third kappa shape index (κ3) is 3.47. The molecule has 0 saturated carbocycles. The van der Waals surface area contributed by atoms with E-state index in [2.05, 4.69) is 5.32 Å². The van der Waals surface area contributed by atoms with Gasteiger partial charge < -0.3 is 10.4 Å². The first-order valence-electron chi connectivity index (χ1n) is 5.62. The summed E-state index contributed by atoms with van der Waals surface area (Å²) in [5.41, 5.74) is 1.15. The van der Waals surface area contributed by atoms with Gasteiger partial charge in [-0.05, 0) is 30.5 Å². The van der Waals surface area contributed by atoms with Gasteiger partial charge in [0.2, 0.25) is 0 Å². The molecule has 4 nitrogen and oxygen atoms in total. The second-order valence-electron chi connectivity index (χ2n) is 4.49.